The maximum atomic E-state index is 12.6. The van der Waals surface area contributed by atoms with Crippen LogP contribution in [0.4, 0.5) is 13.2 Å². The molecule has 2 amide bonds. The third kappa shape index (κ3) is 8.32. The molecule has 1 fully saturated rings. The third-order valence-electron chi connectivity index (χ3n) is 5.74. The quantitative estimate of drug-likeness (QED) is 0.344. The highest BCUT2D eigenvalue weighted by Crippen LogP contribution is 2.24. The predicted molar refractivity (Wildman–Crippen MR) is 136 cm³/mol. The lowest BCUT2D eigenvalue weighted by Gasteiger charge is -2.17. The van der Waals surface area contributed by atoms with Crippen LogP contribution in [0.2, 0.25) is 5.02 Å². The Hall–Kier alpha value is -3.84. The number of halogens is 4. The minimum absolute atomic E-state index is 0.0930. The van der Waals surface area contributed by atoms with E-state index in [2.05, 4.69) is 20.9 Å². The van der Waals surface area contributed by atoms with Gasteiger partial charge in [-0.25, -0.2) is 9.78 Å². The number of nitrogens with zero attached hydrogens (tertiary/aromatic N) is 2. The number of ether oxygens (including phenoxy) is 1. The van der Waals surface area contributed by atoms with Crippen molar-refractivity contribution in [3.63, 3.8) is 0 Å². The summed E-state index contributed by atoms with van der Waals surface area (Å²) in [7, 11) is 1.88. The fourth-order valence-electron chi connectivity index (χ4n) is 3.76. The number of aliphatic carboxylic acids is 1. The summed E-state index contributed by atoms with van der Waals surface area (Å²) in [5.41, 5.74) is 1.61. The van der Waals surface area contributed by atoms with Crippen LogP contribution in [0.15, 0.2) is 48.8 Å². The molecule has 14 heteroatoms. The number of nitrogens with one attached hydrogen (secondary N) is 3. The number of carboxylic acid groups (broad SMARTS) is 1. The van der Waals surface area contributed by atoms with Crippen molar-refractivity contribution in [3.05, 3.63) is 59.4 Å². The minimum Gasteiger partial charge on any atom is -0.489 e. The monoisotopic (exact) mass is 569 g/mol. The van der Waals surface area contributed by atoms with Crippen LogP contribution in [-0.4, -0.2) is 63.3 Å². The molecular weight excluding hydrogens is 543 g/mol. The number of aryl methyl sites for hydroxylation is 1. The first-order valence-corrected chi connectivity index (χ1v) is 12.2. The Kier molecular flexibility index (Phi) is 9.76. The molecule has 0 aliphatic carbocycles. The first-order chi connectivity index (χ1) is 18.3. The number of carboxylic acids is 1. The highest BCUT2D eigenvalue weighted by Gasteiger charge is 2.38. The van der Waals surface area contributed by atoms with Crippen LogP contribution in [0.5, 0.6) is 5.75 Å². The number of para-hydroxylation sites is 1. The number of fused-ring (bicyclic) bond motifs is 1. The molecule has 0 spiro atoms. The summed E-state index contributed by atoms with van der Waals surface area (Å²) < 4.78 is 39.5. The Balaban J connectivity index is 0.000000532. The SMILES string of the molecule is CC(NC(=O)[C@H]1C[C@H](Oc2ccccc2)CN1)C(=O)NCc1cnc2c(c1)c(Cl)cn2C.O=C(O)C(F)(F)F. The summed E-state index contributed by atoms with van der Waals surface area (Å²) >= 11 is 6.23. The normalized spacial score (nSPS) is 17.6. The summed E-state index contributed by atoms with van der Waals surface area (Å²) in [6, 6.07) is 10.4. The molecule has 3 aromatic rings. The molecule has 1 aromatic carbocycles. The van der Waals surface area contributed by atoms with Gasteiger partial charge in [-0.1, -0.05) is 29.8 Å². The number of alkyl halides is 3. The second kappa shape index (κ2) is 12.8. The number of amides is 2. The zero-order chi connectivity index (χ0) is 28.7. The van der Waals surface area contributed by atoms with Gasteiger partial charge >= 0.3 is 12.1 Å². The van der Waals surface area contributed by atoms with Crippen molar-refractivity contribution in [2.75, 3.05) is 6.54 Å². The molecule has 1 aliphatic rings. The van der Waals surface area contributed by atoms with Gasteiger partial charge in [0.15, 0.2) is 0 Å². The van der Waals surface area contributed by atoms with E-state index < -0.39 is 24.2 Å². The zero-order valence-corrected chi connectivity index (χ0v) is 21.7. The molecule has 2 aromatic heterocycles. The van der Waals surface area contributed by atoms with Crippen molar-refractivity contribution in [1.82, 2.24) is 25.5 Å². The second-order valence-corrected chi connectivity index (χ2v) is 9.21. The molecule has 3 atom stereocenters. The van der Waals surface area contributed by atoms with Crippen molar-refractivity contribution in [2.45, 2.75) is 44.3 Å². The standard InChI is InChI=1S/C23H26ClN5O3.C2HF3O2/c1-14(22(30)27-11-15-8-18-19(24)13-29(2)21(18)26-10-15)28-23(31)20-9-17(12-25-20)32-16-6-4-3-5-7-16;3-2(4,5)1(6)7/h3-8,10,13-14,17,20,25H,9,11-12H2,1-2H3,(H,27,30)(H,28,31);(H,6,7)/t14?,17-,20+;/m0./s1. The molecular formula is C25H27ClF3N5O5. The van der Waals surface area contributed by atoms with Crippen LogP contribution in [0.3, 0.4) is 0 Å². The van der Waals surface area contributed by atoms with Gasteiger partial charge in [-0.2, -0.15) is 13.2 Å². The largest absolute Gasteiger partial charge is 0.490 e. The van der Waals surface area contributed by atoms with Gasteiger partial charge in [-0.05, 0) is 30.7 Å². The molecule has 4 rings (SSSR count). The molecule has 4 N–H and O–H groups in total. The van der Waals surface area contributed by atoms with Gasteiger partial charge in [0.2, 0.25) is 11.8 Å². The van der Waals surface area contributed by atoms with E-state index >= 15 is 0 Å². The smallest absolute Gasteiger partial charge is 0.489 e. The Labute approximate surface area is 226 Å². The maximum absolute atomic E-state index is 12.6. The fourth-order valence-corrected chi connectivity index (χ4v) is 4.05. The minimum atomic E-state index is -5.08. The number of hydrogen-bond donors (Lipinski definition) is 4. The van der Waals surface area contributed by atoms with Gasteiger partial charge in [0, 0.05) is 44.3 Å². The lowest BCUT2D eigenvalue weighted by molar-refractivity contribution is -0.192. The Morgan fingerprint density at radius 2 is 1.95 bits per heavy atom. The summed E-state index contributed by atoms with van der Waals surface area (Å²) in [6.07, 6.45) is -1.13. The third-order valence-corrected chi connectivity index (χ3v) is 6.04. The van der Waals surface area contributed by atoms with Crippen LogP contribution in [0, 0.1) is 0 Å². The number of aromatic nitrogens is 2. The van der Waals surface area contributed by atoms with E-state index in [1.165, 1.54) is 0 Å². The maximum Gasteiger partial charge on any atom is 0.490 e. The summed E-state index contributed by atoms with van der Waals surface area (Å²) in [5.74, 6) is -2.47. The van der Waals surface area contributed by atoms with Gasteiger partial charge in [0.05, 0.1) is 11.1 Å². The van der Waals surface area contributed by atoms with Gasteiger partial charge in [0.25, 0.3) is 0 Å². The molecule has 10 nitrogen and oxygen atoms in total. The first kappa shape index (κ1) is 29.7. The van der Waals surface area contributed by atoms with Gasteiger partial charge in [-0.15, -0.1) is 0 Å². The van der Waals surface area contributed by atoms with Crippen molar-refractivity contribution < 1.29 is 37.4 Å². The molecule has 1 unspecified atom stereocenters. The van der Waals surface area contributed by atoms with E-state index in [-0.39, 0.29) is 17.9 Å². The predicted octanol–water partition coefficient (Wildman–Crippen LogP) is 2.79. The van der Waals surface area contributed by atoms with E-state index in [1.54, 1.807) is 19.3 Å². The number of rotatable bonds is 7. The van der Waals surface area contributed by atoms with Crippen LogP contribution >= 0.6 is 11.6 Å². The van der Waals surface area contributed by atoms with Gasteiger partial charge in [-0.3, -0.25) is 9.59 Å². The Morgan fingerprint density at radius 1 is 1.28 bits per heavy atom. The number of hydrogen-bond acceptors (Lipinski definition) is 6. The van der Waals surface area contributed by atoms with E-state index in [0.29, 0.717) is 24.5 Å². The van der Waals surface area contributed by atoms with Crippen molar-refractivity contribution in [2.24, 2.45) is 7.05 Å². The number of carbonyl (C=O) groups is 3. The molecule has 210 valence electrons. The van der Waals surface area contributed by atoms with Crippen molar-refractivity contribution in [3.8, 4) is 5.75 Å². The lowest BCUT2D eigenvalue weighted by Crippen LogP contribution is -2.49. The summed E-state index contributed by atoms with van der Waals surface area (Å²) in [6.45, 7) is 2.53. The molecule has 0 radical (unpaired) electrons. The average molecular weight is 570 g/mol. The molecule has 0 bridgehead atoms. The highest BCUT2D eigenvalue weighted by atomic mass is 35.5. The van der Waals surface area contributed by atoms with Crippen LogP contribution in [0.1, 0.15) is 18.9 Å². The first-order valence-electron chi connectivity index (χ1n) is 11.8. The average Bonchev–Trinajstić information content (AvgIpc) is 3.46. The van der Waals surface area contributed by atoms with E-state index in [4.69, 9.17) is 26.2 Å². The fraction of sp³-hybridized carbons (Fsp3) is 0.360. The highest BCUT2D eigenvalue weighted by molar-refractivity contribution is 6.35. The number of benzene rings is 1. The number of pyridine rings is 1. The van der Waals surface area contributed by atoms with E-state index in [0.717, 1.165) is 22.3 Å². The topological polar surface area (TPSA) is 135 Å². The van der Waals surface area contributed by atoms with E-state index in [1.807, 2.05) is 48.0 Å². The van der Waals surface area contributed by atoms with Crippen molar-refractivity contribution >= 4 is 40.4 Å². The molecule has 3 heterocycles. The molecule has 39 heavy (non-hydrogen) atoms. The Bertz CT molecular complexity index is 1320. The van der Waals surface area contributed by atoms with Gasteiger partial charge in [0.1, 0.15) is 23.5 Å². The van der Waals surface area contributed by atoms with Crippen LogP contribution < -0.4 is 20.7 Å². The van der Waals surface area contributed by atoms with Crippen LogP contribution in [-0.2, 0) is 28.0 Å². The van der Waals surface area contributed by atoms with E-state index in [9.17, 15) is 22.8 Å². The molecule has 0 saturated carbocycles. The van der Waals surface area contributed by atoms with Crippen LogP contribution in [0.25, 0.3) is 11.0 Å². The Morgan fingerprint density at radius 3 is 2.59 bits per heavy atom. The lowest BCUT2D eigenvalue weighted by atomic mass is 10.1. The van der Waals surface area contributed by atoms with Gasteiger partial charge < -0.3 is 30.4 Å². The number of carbonyl (C=O) groups excluding carboxylic acids is 2. The zero-order valence-electron chi connectivity index (χ0n) is 21.0. The molecule has 1 aliphatic heterocycles. The van der Waals surface area contributed by atoms with Crippen molar-refractivity contribution in [1.29, 1.82) is 0 Å². The summed E-state index contributed by atoms with van der Waals surface area (Å²) in [5, 5.41) is 17.3. The second-order valence-electron chi connectivity index (χ2n) is 8.80. The summed E-state index contributed by atoms with van der Waals surface area (Å²) in [4.78, 5) is 38.4. The molecule has 1 saturated heterocycles.